The van der Waals surface area contributed by atoms with Crippen molar-refractivity contribution in [2.24, 2.45) is 0 Å². The van der Waals surface area contributed by atoms with Crippen LogP contribution in [0, 0.1) is 5.82 Å². The molecule has 18 heavy (non-hydrogen) atoms. The second kappa shape index (κ2) is 4.03. The lowest BCUT2D eigenvalue weighted by molar-refractivity contribution is 0.612. The summed E-state index contributed by atoms with van der Waals surface area (Å²) in [5.74, 6) is -0.362. The predicted molar refractivity (Wildman–Crippen MR) is 68.1 cm³/mol. The average Bonchev–Trinajstić information content (AvgIpc) is 2.73. The highest BCUT2D eigenvalue weighted by Gasteiger charge is 2.08. The molecule has 3 N–H and O–H groups in total. The van der Waals surface area contributed by atoms with Crippen LogP contribution in [0.3, 0.4) is 0 Å². The standard InChI is InChI=1S/C13H10FN3O/c14-9-3-1-2-4-10(9)16-13-17-11-6-5-8(15)7-12(11)18-13/h1-7H,15H2,(H,16,17). The molecule has 0 amide bonds. The van der Waals surface area contributed by atoms with Crippen molar-refractivity contribution < 1.29 is 8.81 Å². The average molecular weight is 243 g/mol. The Bertz CT molecular complexity index is 708. The van der Waals surface area contributed by atoms with Crippen molar-refractivity contribution in [1.29, 1.82) is 0 Å². The lowest BCUT2D eigenvalue weighted by Crippen LogP contribution is -1.92. The summed E-state index contributed by atoms with van der Waals surface area (Å²) in [4.78, 5) is 4.19. The van der Waals surface area contributed by atoms with Crippen LogP contribution < -0.4 is 11.1 Å². The van der Waals surface area contributed by atoms with Crippen molar-refractivity contribution in [2.45, 2.75) is 0 Å². The molecule has 0 radical (unpaired) electrons. The summed E-state index contributed by atoms with van der Waals surface area (Å²) >= 11 is 0. The van der Waals surface area contributed by atoms with E-state index < -0.39 is 0 Å². The number of hydrogen-bond acceptors (Lipinski definition) is 4. The number of oxazole rings is 1. The van der Waals surface area contributed by atoms with Gasteiger partial charge in [0.25, 0.3) is 6.01 Å². The maximum absolute atomic E-state index is 13.4. The van der Waals surface area contributed by atoms with Gasteiger partial charge >= 0.3 is 0 Å². The van der Waals surface area contributed by atoms with Crippen molar-refractivity contribution >= 4 is 28.5 Å². The molecule has 4 nitrogen and oxygen atoms in total. The van der Waals surface area contributed by atoms with Crippen LogP contribution in [0.1, 0.15) is 0 Å². The number of halogens is 1. The van der Waals surface area contributed by atoms with Crippen molar-refractivity contribution in [2.75, 3.05) is 11.1 Å². The molecule has 0 unspecified atom stereocenters. The van der Waals surface area contributed by atoms with Gasteiger partial charge in [0.1, 0.15) is 11.3 Å². The Kier molecular flexibility index (Phi) is 2.37. The third kappa shape index (κ3) is 1.86. The number of fused-ring (bicyclic) bond motifs is 1. The Morgan fingerprint density at radius 3 is 2.83 bits per heavy atom. The Morgan fingerprint density at radius 1 is 1.17 bits per heavy atom. The smallest absolute Gasteiger partial charge is 0.300 e. The van der Waals surface area contributed by atoms with Gasteiger partial charge in [-0.05, 0) is 24.3 Å². The van der Waals surface area contributed by atoms with Gasteiger partial charge in [0.2, 0.25) is 0 Å². The fraction of sp³-hybridized carbons (Fsp3) is 0. The molecule has 0 spiro atoms. The second-order valence-electron chi connectivity index (χ2n) is 3.85. The molecule has 3 aromatic rings. The number of aromatic nitrogens is 1. The van der Waals surface area contributed by atoms with Crippen LogP contribution in [0.2, 0.25) is 0 Å². The number of nitrogens with one attached hydrogen (secondary N) is 1. The molecule has 0 saturated carbocycles. The molecule has 2 aromatic carbocycles. The zero-order chi connectivity index (χ0) is 12.5. The summed E-state index contributed by atoms with van der Waals surface area (Å²) in [5, 5.41) is 2.79. The van der Waals surface area contributed by atoms with Gasteiger partial charge in [-0.3, -0.25) is 0 Å². The third-order valence-electron chi connectivity index (χ3n) is 2.53. The molecule has 0 fully saturated rings. The van der Waals surface area contributed by atoms with Gasteiger partial charge < -0.3 is 15.5 Å². The molecule has 0 aliphatic rings. The minimum absolute atomic E-state index is 0.237. The first kappa shape index (κ1) is 10.6. The number of nitrogens with two attached hydrogens (primary N) is 1. The highest BCUT2D eigenvalue weighted by molar-refractivity contribution is 5.78. The Hall–Kier alpha value is -2.56. The number of para-hydroxylation sites is 1. The van der Waals surface area contributed by atoms with E-state index in [2.05, 4.69) is 10.3 Å². The quantitative estimate of drug-likeness (QED) is 0.678. The van der Waals surface area contributed by atoms with Crippen LogP contribution in [0.5, 0.6) is 0 Å². The summed E-state index contributed by atoms with van der Waals surface area (Å²) < 4.78 is 18.9. The van der Waals surface area contributed by atoms with Crippen LogP contribution in [-0.4, -0.2) is 4.98 Å². The zero-order valence-electron chi connectivity index (χ0n) is 9.35. The van der Waals surface area contributed by atoms with Gasteiger partial charge in [0, 0.05) is 11.8 Å². The number of anilines is 3. The molecule has 0 aliphatic carbocycles. The topological polar surface area (TPSA) is 64.1 Å². The molecule has 3 rings (SSSR count). The van der Waals surface area contributed by atoms with Gasteiger partial charge in [0.05, 0.1) is 5.69 Å². The van der Waals surface area contributed by atoms with E-state index in [4.69, 9.17) is 10.2 Å². The van der Waals surface area contributed by atoms with Crippen LogP contribution in [0.15, 0.2) is 46.9 Å². The van der Waals surface area contributed by atoms with Gasteiger partial charge in [-0.2, -0.15) is 4.98 Å². The monoisotopic (exact) mass is 243 g/mol. The van der Waals surface area contributed by atoms with Gasteiger partial charge in [-0.1, -0.05) is 12.1 Å². The first-order valence-electron chi connectivity index (χ1n) is 5.40. The largest absolute Gasteiger partial charge is 0.423 e. The van der Waals surface area contributed by atoms with Crippen molar-refractivity contribution in [3.05, 3.63) is 48.3 Å². The first-order valence-corrected chi connectivity index (χ1v) is 5.40. The fourth-order valence-corrected chi connectivity index (χ4v) is 1.67. The first-order chi connectivity index (χ1) is 8.72. The van der Waals surface area contributed by atoms with Crippen LogP contribution in [0.4, 0.5) is 21.8 Å². The molecule has 0 bridgehead atoms. The molecule has 1 heterocycles. The number of benzene rings is 2. The maximum Gasteiger partial charge on any atom is 0.300 e. The van der Waals surface area contributed by atoms with E-state index in [9.17, 15) is 4.39 Å². The lowest BCUT2D eigenvalue weighted by Gasteiger charge is -2.01. The van der Waals surface area contributed by atoms with E-state index in [1.54, 1.807) is 36.4 Å². The molecule has 5 heteroatoms. The number of nitrogens with zero attached hydrogens (tertiary/aromatic N) is 1. The Balaban J connectivity index is 1.98. The minimum Gasteiger partial charge on any atom is -0.423 e. The zero-order valence-corrected chi connectivity index (χ0v) is 9.35. The lowest BCUT2D eigenvalue weighted by atomic mass is 10.3. The number of rotatable bonds is 2. The SMILES string of the molecule is Nc1ccc2nc(Nc3ccccc3F)oc2c1. The van der Waals surface area contributed by atoms with E-state index >= 15 is 0 Å². The van der Waals surface area contributed by atoms with Gasteiger partial charge in [0.15, 0.2) is 5.58 Å². The van der Waals surface area contributed by atoms with Crippen LogP contribution in [0.25, 0.3) is 11.1 Å². The Labute approximate surface area is 102 Å². The van der Waals surface area contributed by atoms with E-state index in [0.717, 1.165) is 0 Å². The summed E-state index contributed by atoms with van der Waals surface area (Å²) in [6.07, 6.45) is 0. The molecular formula is C13H10FN3O. The molecule has 0 saturated heterocycles. The number of hydrogen-bond donors (Lipinski definition) is 2. The highest BCUT2D eigenvalue weighted by Crippen LogP contribution is 2.24. The summed E-state index contributed by atoms with van der Waals surface area (Å²) in [5.41, 5.74) is 7.79. The van der Waals surface area contributed by atoms with E-state index in [-0.39, 0.29) is 11.8 Å². The van der Waals surface area contributed by atoms with Crippen LogP contribution in [-0.2, 0) is 0 Å². The predicted octanol–water partition coefficient (Wildman–Crippen LogP) is 3.29. The van der Waals surface area contributed by atoms with E-state index in [0.29, 0.717) is 22.5 Å². The second-order valence-corrected chi connectivity index (χ2v) is 3.85. The molecule has 1 aromatic heterocycles. The minimum atomic E-state index is -0.362. The Morgan fingerprint density at radius 2 is 2.00 bits per heavy atom. The van der Waals surface area contributed by atoms with E-state index in [1.807, 2.05) is 0 Å². The van der Waals surface area contributed by atoms with Crippen molar-refractivity contribution in [1.82, 2.24) is 4.98 Å². The van der Waals surface area contributed by atoms with Gasteiger partial charge in [-0.15, -0.1) is 0 Å². The highest BCUT2D eigenvalue weighted by atomic mass is 19.1. The van der Waals surface area contributed by atoms with Crippen LogP contribution >= 0.6 is 0 Å². The molecule has 90 valence electrons. The fourth-order valence-electron chi connectivity index (χ4n) is 1.67. The molecular weight excluding hydrogens is 233 g/mol. The third-order valence-corrected chi connectivity index (χ3v) is 2.53. The maximum atomic E-state index is 13.4. The van der Waals surface area contributed by atoms with E-state index in [1.165, 1.54) is 6.07 Å². The normalized spacial score (nSPS) is 10.7. The van der Waals surface area contributed by atoms with Crippen molar-refractivity contribution in [3.63, 3.8) is 0 Å². The van der Waals surface area contributed by atoms with Gasteiger partial charge in [-0.25, -0.2) is 4.39 Å². The summed E-state index contributed by atoms with van der Waals surface area (Å²) in [6, 6.07) is 11.7. The summed E-state index contributed by atoms with van der Waals surface area (Å²) in [6.45, 7) is 0. The molecule has 0 atom stereocenters. The molecule has 0 aliphatic heterocycles. The summed E-state index contributed by atoms with van der Waals surface area (Å²) in [7, 11) is 0. The number of nitrogen functional groups attached to an aromatic ring is 1. The van der Waals surface area contributed by atoms with Crippen molar-refractivity contribution in [3.8, 4) is 0 Å².